The first-order valence-corrected chi connectivity index (χ1v) is 7.95. The van der Waals surface area contributed by atoms with Crippen LogP contribution in [0.3, 0.4) is 0 Å². The number of amides is 1. The van der Waals surface area contributed by atoms with E-state index >= 15 is 0 Å². The van der Waals surface area contributed by atoms with E-state index in [2.05, 4.69) is 4.90 Å². The number of nitrogens with zero attached hydrogens (tertiary/aromatic N) is 2. The third-order valence-electron chi connectivity index (χ3n) is 4.05. The first-order valence-electron chi connectivity index (χ1n) is 7.95. The summed E-state index contributed by atoms with van der Waals surface area (Å²) in [7, 11) is 3.76. The fraction of sp³-hybridized carbons (Fsp3) is 0.444. The molecule has 2 N–H and O–H groups in total. The van der Waals surface area contributed by atoms with Crippen molar-refractivity contribution in [2.45, 2.75) is 19.4 Å². The van der Waals surface area contributed by atoms with Gasteiger partial charge in [-0.25, -0.2) is 0 Å². The topological polar surface area (TPSA) is 66.6 Å². The van der Waals surface area contributed by atoms with Crippen LogP contribution in [-0.2, 0) is 11.3 Å². The fourth-order valence-corrected chi connectivity index (χ4v) is 2.83. The van der Waals surface area contributed by atoms with Crippen LogP contribution in [0.2, 0.25) is 0 Å². The summed E-state index contributed by atoms with van der Waals surface area (Å²) < 4.78 is 0. The number of carbonyl (C=O) groups is 2. The lowest BCUT2D eigenvalue weighted by Crippen LogP contribution is -2.40. The Morgan fingerprint density at radius 1 is 1.39 bits per heavy atom. The Morgan fingerprint density at radius 3 is 2.87 bits per heavy atom. The molecule has 1 aliphatic heterocycles. The Balaban J connectivity index is 2.02. The van der Waals surface area contributed by atoms with Crippen molar-refractivity contribution in [1.82, 2.24) is 9.80 Å². The molecule has 1 saturated heterocycles. The summed E-state index contributed by atoms with van der Waals surface area (Å²) in [4.78, 5) is 27.6. The van der Waals surface area contributed by atoms with Crippen LogP contribution in [0.5, 0.6) is 0 Å². The standard InChI is InChI=1S/C18H25N3O2/c1-20(2)10-8-17(22)15-6-3-5-14(11-15)12-21-9-4-7-16(13-21)18(19)23/h3,5-6,8,10-11,16H,4,7,9,12-13H2,1-2H3,(H2,19,23)/b10-8+. The summed E-state index contributed by atoms with van der Waals surface area (Å²) in [5.41, 5.74) is 7.19. The highest BCUT2D eigenvalue weighted by Gasteiger charge is 2.23. The molecule has 1 aromatic carbocycles. The van der Waals surface area contributed by atoms with Gasteiger partial charge in [0.1, 0.15) is 0 Å². The molecule has 124 valence electrons. The van der Waals surface area contributed by atoms with Crippen LogP contribution in [0.15, 0.2) is 36.5 Å². The normalized spacial score (nSPS) is 19.0. The van der Waals surface area contributed by atoms with Gasteiger partial charge in [0.2, 0.25) is 5.91 Å². The van der Waals surface area contributed by atoms with Crippen molar-refractivity contribution in [1.29, 1.82) is 0 Å². The molecule has 1 aromatic rings. The number of ketones is 1. The maximum atomic E-state index is 12.1. The second kappa shape index (κ2) is 7.92. The molecule has 0 bridgehead atoms. The van der Waals surface area contributed by atoms with Crippen molar-refractivity contribution in [2.24, 2.45) is 11.7 Å². The summed E-state index contributed by atoms with van der Waals surface area (Å²) in [6.45, 7) is 2.40. The summed E-state index contributed by atoms with van der Waals surface area (Å²) in [6.07, 6.45) is 5.18. The summed E-state index contributed by atoms with van der Waals surface area (Å²) in [5, 5.41) is 0. The van der Waals surface area contributed by atoms with E-state index in [-0.39, 0.29) is 17.6 Å². The molecule has 5 heteroatoms. The molecule has 1 atom stereocenters. The van der Waals surface area contributed by atoms with Gasteiger partial charge in [0.25, 0.3) is 0 Å². The van der Waals surface area contributed by atoms with E-state index in [9.17, 15) is 9.59 Å². The fourth-order valence-electron chi connectivity index (χ4n) is 2.83. The van der Waals surface area contributed by atoms with E-state index in [0.717, 1.165) is 31.5 Å². The van der Waals surface area contributed by atoms with E-state index in [1.807, 2.05) is 43.3 Å². The van der Waals surface area contributed by atoms with E-state index in [1.54, 1.807) is 12.3 Å². The monoisotopic (exact) mass is 315 g/mol. The van der Waals surface area contributed by atoms with E-state index in [1.165, 1.54) is 0 Å². The maximum Gasteiger partial charge on any atom is 0.221 e. The summed E-state index contributed by atoms with van der Waals surface area (Å²) >= 11 is 0. The van der Waals surface area contributed by atoms with Crippen LogP contribution in [0.1, 0.15) is 28.8 Å². The Hall–Kier alpha value is -2.14. The molecular formula is C18H25N3O2. The minimum absolute atomic E-state index is 0.00536. The molecule has 0 saturated carbocycles. The van der Waals surface area contributed by atoms with E-state index < -0.39 is 0 Å². The van der Waals surface area contributed by atoms with Gasteiger partial charge in [0.15, 0.2) is 5.78 Å². The lowest BCUT2D eigenvalue weighted by atomic mass is 9.97. The largest absolute Gasteiger partial charge is 0.383 e. The summed E-state index contributed by atoms with van der Waals surface area (Å²) in [6, 6.07) is 7.67. The van der Waals surface area contributed by atoms with Gasteiger partial charge >= 0.3 is 0 Å². The van der Waals surface area contributed by atoms with E-state index in [0.29, 0.717) is 12.1 Å². The zero-order chi connectivity index (χ0) is 16.8. The first kappa shape index (κ1) is 17.2. The molecule has 23 heavy (non-hydrogen) atoms. The van der Waals surface area contributed by atoms with Crippen LogP contribution in [-0.4, -0.2) is 48.7 Å². The lowest BCUT2D eigenvalue weighted by molar-refractivity contribution is -0.123. The third-order valence-corrected chi connectivity index (χ3v) is 4.05. The molecule has 2 rings (SSSR count). The van der Waals surface area contributed by atoms with Gasteiger partial charge in [-0.1, -0.05) is 18.2 Å². The number of hydrogen-bond acceptors (Lipinski definition) is 4. The number of benzene rings is 1. The van der Waals surface area contributed by atoms with Crippen LogP contribution in [0.4, 0.5) is 0 Å². The number of allylic oxidation sites excluding steroid dienone is 1. The molecule has 0 aromatic heterocycles. The van der Waals surface area contributed by atoms with Crippen molar-refractivity contribution < 1.29 is 9.59 Å². The number of piperidine rings is 1. The third kappa shape index (κ3) is 5.21. The van der Waals surface area contributed by atoms with Crippen LogP contribution < -0.4 is 5.73 Å². The van der Waals surface area contributed by atoms with E-state index in [4.69, 9.17) is 5.73 Å². The predicted octanol–water partition coefficient (Wildman–Crippen LogP) is 1.64. The minimum Gasteiger partial charge on any atom is -0.383 e. The molecule has 0 aliphatic carbocycles. The molecule has 1 unspecified atom stereocenters. The Bertz CT molecular complexity index is 596. The zero-order valence-electron chi connectivity index (χ0n) is 13.9. The Morgan fingerprint density at radius 2 is 2.17 bits per heavy atom. The van der Waals surface area contributed by atoms with Gasteiger partial charge in [-0.05, 0) is 31.0 Å². The van der Waals surface area contributed by atoms with Gasteiger partial charge in [0.05, 0.1) is 5.92 Å². The molecule has 1 heterocycles. The second-order valence-corrected chi connectivity index (χ2v) is 6.32. The molecule has 1 aliphatic rings. The smallest absolute Gasteiger partial charge is 0.221 e. The average molecular weight is 315 g/mol. The molecular weight excluding hydrogens is 290 g/mol. The molecule has 0 spiro atoms. The number of rotatable bonds is 6. The van der Waals surface area contributed by atoms with Gasteiger partial charge < -0.3 is 10.6 Å². The molecule has 5 nitrogen and oxygen atoms in total. The van der Waals surface area contributed by atoms with Gasteiger partial charge in [0, 0.05) is 45.0 Å². The highest BCUT2D eigenvalue weighted by molar-refractivity contribution is 6.04. The second-order valence-electron chi connectivity index (χ2n) is 6.32. The van der Waals surface area contributed by atoms with Crippen molar-refractivity contribution >= 4 is 11.7 Å². The van der Waals surface area contributed by atoms with Crippen molar-refractivity contribution in [3.05, 3.63) is 47.7 Å². The van der Waals surface area contributed by atoms with Crippen molar-refractivity contribution in [3.8, 4) is 0 Å². The SMILES string of the molecule is CN(C)/C=C/C(=O)c1cccc(CN2CCCC(C(N)=O)C2)c1. The first-order chi connectivity index (χ1) is 11.0. The zero-order valence-corrected chi connectivity index (χ0v) is 13.9. The van der Waals surface area contributed by atoms with Gasteiger partial charge in [-0.2, -0.15) is 0 Å². The highest BCUT2D eigenvalue weighted by atomic mass is 16.1. The quantitative estimate of drug-likeness (QED) is 0.640. The molecule has 0 radical (unpaired) electrons. The van der Waals surface area contributed by atoms with Crippen LogP contribution >= 0.6 is 0 Å². The number of primary amides is 1. The van der Waals surface area contributed by atoms with Gasteiger partial charge in [-0.15, -0.1) is 0 Å². The minimum atomic E-state index is -0.215. The van der Waals surface area contributed by atoms with Crippen LogP contribution in [0, 0.1) is 5.92 Å². The Labute approximate surface area is 137 Å². The Kier molecular flexibility index (Phi) is 5.93. The maximum absolute atomic E-state index is 12.1. The molecule has 1 amide bonds. The highest BCUT2D eigenvalue weighted by Crippen LogP contribution is 2.19. The lowest BCUT2D eigenvalue weighted by Gasteiger charge is -2.31. The number of likely N-dealkylation sites (tertiary alicyclic amines) is 1. The molecule has 1 fully saturated rings. The van der Waals surface area contributed by atoms with Crippen molar-refractivity contribution in [3.63, 3.8) is 0 Å². The average Bonchev–Trinajstić information content (AvgIpc) is 2.53. The van der Waals surface area contributed by atoms with Crippen LogP contribution in [0.25, 0.3) is 0 Å². The number of nitrogens with two attached hydrogens (primary N) is 1. The summed E-state index contributed by atoms with van der Waals surface area (Å²) in [5.74, 6) is -0.279. The van der Waals surface area contributed by atoms with Gasteiger partial charge in [-0.3, -0.25) is 14.5 Å². The number of hydrogen-bond donors (Lipinski definition) is 1. The van der Waals surface area contributed by atoms with Crippen molar-refractivity contribution in [2.75, 3.05) is 27.2 Å². The predicted molar refractivity (Wildman–Crippen MR) is 90.8 cm³/mol. The number of carbonyl (C=O) groups excluding carboxylic acids is 2.